The Hall–Kier alpha value is -0.200. The predicted octanol–water partition coefficient (Wildman–Crippen LogP) is 1.62. The van der Waals surface area contributed by atoms with Gasteiger partial charge in [0.15, 0.2) is 0 Å². The highest BCUT2D eigenvalue weighted by molar-refractivity contribution is 7.99. The van der Waals surface area contributed by atoms with Gasteiger partial charge in [0.25, 0.3) is 0 Å². The fraction of sp³-hybridized carbons (Fsp3) is 0.875. The lowest BCUT2D eigenvalue weighted by Crippen LogP contribution is -2.20. The van der Waals surface area contributed by atoms with E-state index in [1.807, 2.05) is 6.07 Å². The van der Waals surface area contributed by atoms with Gasteiger partial charge >= 0.3 is 0 Å². The van der Waals surface area contributed by atoms with Crippen LogP contribution in [0.25, 0.3) is 0 Å². The van der Waals surface area contributed by atoms with Gasteiger partial charge in [-0.2, -0.15) is 17.0 Å². The topological polar surface area (TPSA) is 49.8 Å². The zero-order valence-corrected chi connectivity index (χ0v) is 8.03. The van der Waals surface area contributed by atoms with E-state index < -0.39 is 0 Å². The van der Waals surface area contributed by atoms with Gasteiger partial charge in [0.05, 0.1) is 6.07 Å². The van der Waals surface area contributed by atoms with Crippen LogP contribution in [0.4, 0.5) is 0 Å². The van der Waals surface area contributed by atoms with E-state index in [0.29, 0.717) is 0 Å². The van der Waals surface area contributed by atoms with Crippen LogP contribution in [0, 0.1) is 17.2 Å². The van der Waals surface area contributed by atoms with E-state index in [-0.39, 0.29) is 6.04 Å². The molecular formula is C8H16N2S. The lowest BCUT2D eigenvalue weighted by molar-refractivity contribution is 0.632. The van der Waals surface area contributed by atoms with E-state index in [0.717, 1.165) is 17.4 Å². The molecule has 0 aromatic rings. The first-order valence-corrected chi connectivity index (χ1v) is 5.05. The zero-order valence-electron chi connectivity index (χ0n) is 7.21. The minimum absolute atomic E-state index is 0.285. The van der Waals surface area contributed by atoms with E-state index in [1.165, 1.54) is 6.42 Å². The molecular weight excluding hydrogens is 156 g/mol. The Bertz CT molecular complexity index is 129. The van der Waals surface area contributed by atoms with Crippen molar-refractivity contribution in [1.82, 2.24) is 0 Å². The van der Waals surface area contributed by atoms with Crippen LogP contribution in [0.5, 0.6) is 0 Å². The SMILES string of the molecule is CC(C)CCSCC(N)C#N. The van der Waals surface area contributed by atoms with Crippen molar-refractivity contribution < 1.29 is 0 Å². The Balaban J connectivity index is 3.10. The smallest absolute Gasteiger partial charge is 0.102 e. The number of hydrogen-bond donors (Lipinski definition) is 1. The molecule has 2 nitrogen and oxygen atoms in total. The normalized spacial score (nSPS) is 13.0. The van der Waals surface area contributed by atoms with Gasteiger partial charge in [-0.25, -0.2) is 0 Å². The van der Waals surface area contributed by atoms with Crippen molar-refractivity contribution >= 4 is 11.8 Å². The maximum atomic E-state index is 8.35. The Kier molecular flexibility index (Phi) is 6.39. The molecule has 0 saturated heterocycles. The van der Waals surface area contributed by atoms with Crippen LogP contribution >= 0.6 is 11.8 Å². The summed E-state index contributed by atoms with van der Waals surface area (Å²) < 4.78 is 0. The van der Waals surface area contributed by atoms with Crippen molar-refractivity contribution in [2.75, 3.05) is 11.5 Å². The lowest BCUT2D eigenvalue weighted by Gasteiger charge is -2.04. The quantitative estimate of drug-likeness (QED) is 0.641. The average Bonchev–Trinajstić information content (AvgIpc) is 1.97. The summed E-state index contributed by atoms with van der Waals surface area (Å²) in [5, 5.41) is 8.35. The van der Waals surface area contributed by atoms with Gasteiger partial charge in [0.2, 0.25) is 0 Å². The number of rotatable bonds is 5. The van der Waals surface area contributed by atoms with Gasteiger partial charge in [-0.15, -0.1) is 0 Å². The summed E-state index contributed by atoms with van der Waals surface area (Å²) in [4.78, 5) is 0. The van der Waals surface area contributed by atoms with E-state index in [9.17, 15) is 0 Å². The molecule has 0 heterocycles. The molecule has 0 aromatic carbocycles. The largest absolute Gasteiger partial charge is 0.315 e. The van der Waals surface area contributed by atoms with Crippen LogP contribution in [0.1, 0.15) is 20.3 Å². The number of nitriles is 1. The summed E-state index contributed by atoms with van der Waals surface area (Å²) in [6.07, 6.45) is 1.21. The third-order valence-corrected chi connectivity index (χ3v) is 2.42. The standard InChI is InChI=1S/C8H16N2S/c1-7(2)3-4-11-6-8(10)5-9/h7-8H,3-4,6,10H2,1-2H3. The summed E-state index contributed by atoms with van der Waals surface area (Å²) in [5.74, 6) is 2.64. The highest BCUT2D eigenvalue weighted by Gasteiger charge is 1.99. The molecule has 0 aromatic heterocycles. The van der Waals surface area contributed by atoms with Crippen LogP contribution in [-0.4, -0.2) is 17.5 Å². The molecule has 0 bridgehead atoms. The summed E-state index contributed by atoms with van der Waals surface area (Å²) in [6, 6.07) is 1.72. The first kappa shape index (κ1) is 10.8. The maximum absolute atomic E-state index is 8.35. The van der Waals surface area contributed by atoms with E-state index in [2.05, 4.69) is 13.8 Å². The Morgan fingerprint density at radius 2 is 2.18 bits per heavy atom. The number of nitrogens with two attached hydrogens (primary N) is 1. The van der Waals surface area contributed by atoms with Crippen molar-refractivity contribution in [1.29, 1.82) is 5.26 Å². The number of hydrogen-bond acceptors (Lipinski definition) is 3. The van der Waals surface area contributed by atoms with Gasteiger partial charge in [-0.1, -0.05) is 13.8 Å². The first-order chi connectivity index (χ1) is 5.16. The molecule has 0 radical (unpaired) electrons. The van der Waals surface area contributed by atoms with Crippen LogP contribution in [0.3, 0.4) is 0 Å². The summed E-state index contributed by atoms with van der Waals surface area (Å²) in [6.45, 7) is 4.40. The molecule has 0 aliphatic heterocycles. The fourth-order valence-corrected chi connectivity index (χ4v) is 1.70. The minimum Gasteiger partial charge on any atom is -0.315 e. The zero-order chi connectivity index (χ0) is 8.69. The van der Waals surface area contributed by atoms with Gasteiger partial charge in [-0.3, -0.25) is 0 Å². The average molecular weight is 172 g/mol. The fourth-order valence-electron chi connectivity index (χ4n) is 0.567. The predicted molar refractivity (Wildman–Crippen MR) is 50.4 cm³/mol. The molecule has 1 atom stereocenters. The Morgan fingerprint density at radius 3 is 2.64 bits per heavy atom. The monoisotopic (exact) mass is 172 g/mol. The van der Waals surface area contributed by atoms with Crippen LogP contribution in [-0.2, 0) is 0 Å². The van der Waals surface area contributed by atoms with Gasteiger partial charge in [-0.05, 0) is 18.1 Å². The summed E-state index contributed by atoms with van der Waals surface area (Å²) in [5.41, 5.74) is 5.41. The highest BCUT2D eigenvalue weighted by atomic mass is 32.2. The second-order valence-corrected chi connectivity index (χ2v) is 4.14. The Labute approximate surface area is 73.1 Å². The van der Waals surface area contributed by atoms with Crippen molar-refractivity contribution in [3.05, 3.63) is 0 Å². The molecule has 0 spiro atoms. The molecule has 3 heteroatoms. The molecule has 0 aliphatic carbocycles. The Morgan fingerprint density at radius 1 is 1.55 bits per heavy atom. The third kappa shape index (κ3) is 7.70. The highest BCUT2D eigenvalue weighted by Crippen LogP contribution is 2.08. The van der Waals surface area contributed by atoms with Crippen molar-refractivity contribution in [2.45, 2.75) is 26.3 Å². The molecule has 0 aliphatic rings. The summed E-state index contributed by atoms with van der Waals surface area (Å²) >= 11 is 1.77. The van der Waals surface area contributed by atoms with E-state index in [1.54, 1.807) is 11.8 Å². The second kappa shape index (κ2) is 6.51. The van der Waals surface area contributed by atoms with Crippen LogP contribution in [0.15, 0.2) is 0 Å². The lowest BCUT2D eigenvalue weighted by atomic mass is 10.2. The van der Waals surface area contributed by atoms with Gasteiger partial charge in [0, 0.05) is 5.75 Å². The first-order valence-electron chi connectivity index (χ1n) is 3.89. The van der Waals surface area contributed by atoms with Gasteiger partial charge in [0.1, 0.15) is 6.04 Å². The molecule has 64 valence electrons. The second-order valence-electron chi connectivity index (χ2n) is 2.99. The molecule has 11 heavy (non-hydrogen) atoms. The third-order valence-electron chi connectivity index (χ3n) is 1.30. The molecule has 0 amide bonds. The molecule has 2 N–H and O–H groups in total. The molecule has 0 saturated carbocycles. The van der Waals surface area contributed by atoms with Crippen molar-refractivity contribution in [2.24, 2.45) is 11.7 Å². The van der Waals surface area contributed by atoms with Crippen molar-refractivity contribution in [3.8, 4) is 6.07 Å². The minimum atomic E-state index is -0.285. The van der Waals surface area contributed by atoms with E-state index in [4.69, 9.17) is 11.0 Å². The molecule has 0 fully saturated rings. The molecule has 0 rings (SSSR count). The van der Waals surface area contributed by atoms with Crippen molar-refractivity contribution in [3.63, 3.8) is 0 Å². The number of thioether (sulfide) groups is 1. The summed E-state index contributed by atoms with van der Waals surface area (Å²) in [7, 11) is 0. The van der Waals surface area contributed by atoms with E-state index >= 15 is 0 Å². The maximum Gasteiger partial charge on any atom is 0.102 e. The van der Waals surface area contributed by atoms with Gasteiger partial charge < -0.3 is 5.73 Å². The number of nitrogens with zero attached hydrogens (tertiary/aromatic N) is 1. The van der Waals surface area contributed by atoms with Crippen LogP contribution < -0.4 is 5.73 Å². The molecule has 1 unspecified atom stereocenters. The van der Waals surface area contributed by atoms with Crippen LogP contribution in [0.2, 0.25) is 0 Å².